The average molecular weight is 603 g/mol. The van der Waals surface area contributed by atoms with Gasteiger partial charge in [-0.15, -0.1) is 0 Å². The summed E-state index contributed by atoms with van der Waals surface area (Å²) in [6, 6.07) is 10.6. The quantitative estimate of drug-likeness (QED) is 0.355. The van der Waals surface area contributed by atoms with Crippen LogP contribution in [0.4, 0.5) is 19.0 Å². The summed E-state index contributed by atoms with van der Waals surface area (Å²) in [5.74, 6) is -0.828. The number of alkyl halides is 1. The van der Waals surface area contributed by atoms with Gasteiger partial charge in [0.25, 0.3) is 5.91 Å². The minimum atomic E-state index is -1.09. The van der Waals surface area contributed by atoms with Crippen LogP contribution in [0.3, 0.4) is 0 Å². The summed E-state index contributed by atoms with van der Waals surface area (Å²) in [5, 5.41) is 9.92. The molecule has 7 rings (SSSR count). The first kappa shape index (κ1) is 28.6. The number of nitrogens with zero attached hydrogens (tertiary/aromatic N) is 6. The number of piperazine rings is 1. The number of hydrogen-bond donors (Lipinski definition) is 0. The Morgan fingerprint density at radius 1 is 1.16 bits per heavy atom. The van der Waals surface area contributed by atoms with Crippen LogP contribution in [0.2, 0.25) is 0 Å². The Morgan fingerprint density at radius 2 is 2.00 bits per heavy atom. The Morgan fingerprint density at radius 3 is 2.75 bits per heavy atom. The maximum absolute atomic E-state index is 16.1. The van der Waals surface area contributed by atoms with Gasteiger partial charge in [0.15, 0.2) is 5.83 Å². The molecule has 0 spiro atoms. The van der Waals surface area contributed by atoms with E-state index in [9.17, 15) is 18.8 Å². The Labute approximate surface area is 253 Å². The molecule has 3 aromatic rings. The number of likely N-dealkylation sites (N-methyl/N-ethyl adjacent to an activating group) is 1. The summed E-state index contributed by atoms with van der Waals surface area (Å²) in [6.45, 7) is 4.21. The fraction of sp³-hybridized carbons (Fsp3) is 0.455. The molecule has 2 aliphatic heterocycles. The van der Waals surface area contributed by atoms with E-state index in [1.165, 1.54) is 22.1 Å². The molecule has 3 fully saturated rings. The number of halogens is 3. The SMILES string of the molecule is C=C(F)C(=O)N1CCN(c2nc(OC[C@@H]3C[C@@H](F)CN3C)nc3cc(-c4cccc5c4C4CC4C5)c(F)cc23)C[C@@H]1CC#N. The molecular formula is C33H33F3N6O2. The van der Waals surface area contributed by atoms with Gasteiger partial charge in [-0.1, -0.05) is 24.8 Å². The number of carbonyl (C=O) groups is 1. The van der Waals surface area contributed by atoms with Crippen LogP contribution >= 0.6 is 0 Å². The van der Waals surface area contributed by atoms with Gasteiger partial charge >= 0.3 is 6.01 Å². The van der Waals surface area contributed by atoms with Gasteiger partial charge in [0, 0.05) is 43.2 Å². The van der Waals surface area contributed by atoms with Gasteiger partial charge in [0.2, 0.25) is 0 Å². The standard InChI is InChI=1S/C33H33F3N6O2/c1-18(34)32(43)42-9-8-41(16-22(42)6-7-37)31-27-13-28(36)26(24-5-3-4-19-10-20-11-25(20)30(19)24)14-29(27)38-33(39-31)44-17-23-12-21(35)15-40(23)2/h3-5,13-14,20-23,25H,1,6,8-12,15-17H2,2H3/t20?,21-,22+,23+,25?/m1/s1. The fourth-order valence-corrected chi connectivity index (χ4v) is 7.33. The molecule has 2 aliphatic carbocycles. The second-order valence-electron chi connectivity index (χ2n) is 12.5. The number of carbonyl (C=O) groups excluding carboxylic acids is 1. The molecule has 2 aromatic carbocycles. The van der Waals surface area contributed by atoms with Gasteiger partial charge in [0.05, 0.1) is 24.0 Å². The predicted molar refractivity (Wildman–Crippen MR) is 159 cm³/mol. The van der Waals surface area contributed by atoms with E-state index < -0.39 is 29.8 Å². The number of rotatable bonds is 7. The van der Waals surface area contributed by atoms with E-state index in [2.05, 4.69) is 23.7 Å². The number of fused-ring (bicyclic) bond motifs is 4. The van der Waals surface area contributed by atoms with E-state index in [0.29, 0.717) is 47.1 Å². The number of ether oxygens (including phenoxy) is 1. The minimum Gasteiger partial charge on any atom is -0.462 e. The average Bonchev–Trinajstić information content (AvgIpc) is 3.54. The normalized spacial score (nSPS) is 25.9. The monoisotopic (exact) mass is 602 g/mol. The van der Waals surface area contributed by atoms with Crippen molar-refractivity contribution in [3.8, 4) is 23.2 Å². The molecule has 44 heavy (non-hydrogen) atoms. The number of amides is 1. The molecule has 1 aromatic heterocycles. The summed E-state index contributed by atoms with van der Waals surface area (Å²) in [6.07, 6.45) is 1.55. The van der Waals surface area contributed by atoms with E-state index >= 15 is 4.39 Å². The molecule has 1 saturated carbocycles. The van der Waals surface area contributed by atoms with Crippen molar-refractivity contribution in [2.45, 2.75) is 49.9 Å². The first-order chi connectivity index (χ1) is 21.2. The summed E-state index contributed by atoms with van der Waals surface area (Å²) in [4.78, 5) is 26.9. The molecule has 0 radical (unpaired) electrons. The third-order valence-corrected chi connectivity index (χ3v) is 9.65. The number of hydrogen-bond acceptors (Lipinski definition) is 7. The predicted octanol–water partition coefficient (Wildman–Crippen LogP) is 4.93. The highest BCUT2D eigenvalue weighted by Crippen LogP contribution is 2.58. The summed E-state index contributed by atoms with van der Waals surface area (Å²) >= 11 is 0. The van der Waals surface area contributed by atoms with Crippen molar-refractivity contribution in [3.63, 3.8) is 0 Å². The van der Waals surface area contributed by atoms with Crippen LogP contribution in [-0.2, 0) is 11.2 Å². The van der Waals surface area contributed by atoms with Gasteiger partial charge in [-0.2, -0.15) is 15.2 Å². The van der Waals surface area contributed by atoms with Crippen LogP contribution in [0.5, 0.6) is 6.01 Å². The van der Waals surface area contributed by atoms with Gasteiger partial charge in [0.1, 0.15) is 24.4 Å². The Kier molecular flexibility index (Phi) is 7.20. The molecule has 1 amide bonds. The zero-order chi connectivity index (χ0) is 30.7. The first-order valence-electron chi connectivity index (χ1n) is 15.1. The number of anilines is 1. The van der Waals surface area contributed by atoms with Crippen LogP contribution in [0, 0.1) is 23.1 Å². The molecule has 228 valence electrons. The van der Waals surface area contributed by atoms with Gasteiger partial charge in [-0.3, -0.25) is 9.69 Å². The zero-order valence-electron chi connectivity index (χ0n) is 24.5. The van der Waals surface area contributed by atoms with E-state index in [1.807, 2.05) is 29.0 Å². The lowest BCUT2D eigenvalue weighted by molar-refractivity contribution is -0.131. The summed E-state index contributed by atoms with van der Waals surface area (Å²) < 4.78 is 49.9. The zero-order valence-corrected chi connectivity index (χ0v) is 24.5. The Balaban J connectivity index is 1.28. The summed E-state index contributed by atoms with van der Waals surface area (Å²) in [5.41, 5.74) is 4.33. The van der Waals surface area contributed by atoms with Crippen molar-refractivity contribution in [1.82, 2.24) is 19.8 Å². The molecule has 0 bridgehead atoms. The molecule has 2 saturated heterocycles. The second-order valence-corrected chi connectivity index (χ2v) is 12.5. The van der Waals surface area contributed by atoms with Crippen LogP contribution in [-0.4, -0.2) is 83.8 Å². The van der Waals surface area contributed by atoms with E-state index in [4.69, 9.17) is 9.72 Å². The lowest BCUT2D eigenvalue weighted by Crippen LogP contribution is -2.55. The smallest absolute Gasteiger partial charge is 0.319 e. The van der Waals surface area contributed by atoms with E-state index in [1.54, 1.807) is 6.07 Å². The lowest BCUT2D eigenvalue weighted by Gasteiger charge is -2.41. The first-order valence-corrected chi connectivity index (χ1v) is 15.1. The maximum Gasteiger partial charge on any atom is 0.319 e. The van der Waals surface area contributed by atoms with Crippen LogP contribution < -0.4 is 9.64 Å². The minimum absolute atomic E-state index is 0.0277. The number of nitriles is 1. The van der Waals surface area contributed by atoms with Crippen molar-refractivity contribution in [3.05, 3.63) is 59.7 Å². The highest BCUT2D eigenvalue weighted by atomic mass is 19.1. The second kappa shape index (κ2) is 11.1. The molecular weight excluding hydrogens is 569 g/mol. The highest BCUT2D eigenvalue weighted by Gasteiger charge is 2.46. The van der Waals surface area contributed by atoms with Gasteiger partial charge in [-0.05, 0) is 67.0 Å². The lowest BCUT2D eigenvalue weighted by atomic mass is 9.93. The van der Waals surface area contributed by atoms with Gasteiger partial charge in [-0.25, -0.2) is 13.2 Å². The Bertz CT molecular complexity index is 1710. The molecule has 5 atom stereocenters. The van der Waals surface area contributed by atoms with Crippen molar-refractivity contribution < 1.29 is 22.7 Å². The van der Waals surface area contributed by atoms with Crippen LogP contribution in [0.25, 0.3) is 22.0 Å². The number of aromatic nitrogens is 2. The van der Waals surface area contributed by atoms with Crippen LogP contribution in [0.15, 0.2) is 42.7 Å². The van der Waals surface area contributed by atoms with Crippen molar-refractivity contribution >= 4 is 22.6 Å². The van der Waals surface area contributed by atoms with Crippen molar-refractivity contribution in [2.75, 3.05) is 44.7 Å². The fourth-order valence-electron chi connectivity index (χ4n) is 7.33. The molecule has 3 heterocycles. The Hall–Kier alpha value is -4.17. The van der Waals surface area contributed by atoms with E-state index in [-0.39, 0.29) is 44.7 Å². The van der Waals surface area contributed by atoms with E-state index in [0.717, 1.165) is 18.4 Å². The molecule has 4 aliphatic rings. The number of likely N-dealkylation sites (tertiary alicyclic amines) is 1. The molecule has 8 nitrogen and oxygen atoms in total. The highest BCUT2D eigenvalue weighted by molar-refractivity contribution is 5.94. The molecule has 2 unspecified atom stereocenters. The van der Waals surface area contributed by atoms with Crippen molar-refractivity contribution in [1.29, 1.82) is 5.26 Å². The number of benzene rings is 2. The third-order valence-electron chi connectivity index (χ3n) is 9.65. The third kappa shape index (κ3) is 5.05. The van der Waals surface area contributed by atoms with Crippen LogP contribution in [0.1, 0.15) is 36.3 Å². The largest absolute Gasteiger partial charge is 0.462 e. The maximum atomic E-state index is 16.1. The van der Waals surface area contributed by atoms with Gasteiger partial charge < -0.3 is 14.5 Å². The topological polar surface area (TPSA) is 85.6 Å². The molecule has 11 heteroatoms. The summed E-state index contributed by atoms with van der Waals surface area (Å²) in [7, 11) is 1.85. The molecule has 0 N–H and O–H groups in total. The van der Waals surface area contributed by atoms with Crippen molar-refractivity contribution in [2.24, 2.45) is 5.92 Å².